The zero-order chi connectivity index (χ0) is 13.5. The number of rotatable bonds is 6. The Hall–Kier alpha value is -1.42. The van der Waals surface area contributed by atoms with Crippen molar-refractivity contribution in [2.45, 2.75) is 26.2 Å². The molecule has 0 saturated carbocycles. The summed E-state index contributed by atoms with van der Waals surface area (Å²) in [6, 6.07) is 4.03. The van der Waals surface area contributed by atoms with Crippen molar-refractivity contribution in [1.29, 1.82) is 0 Å². The molecule has 0 unspecified atom stereocenters. The van der Waals surface area contributed by atoms with Crippen LogP contribution in [0.15, 0.2) is 24.5 Å². The van der Waals surface area contributed by atoms with Crippen LogP contribution in [0.2, 0.25) is 0 Å². The van der Waals surface area contributed by atoms with Crippen LogP contribution >= 0.6 is 0 Å². The highest BCUT2D eigenvalue weighted by molar-refractivity contribution is 5.78. The van der Waals surface area contributed by atoms with Crippen molar-refractivity contribution in [3.63, 3.8) is 0 Å². The SMILES string of the molecule is CCN(CCc1ccncc1)C(=O)CN1CCCC1. The molecular weight excluding hydrogens is 238 g/mol. The van der Waals surface area contributed by atoms with Crippen molar-refractivity contribution in [3.05, 3.63) is 30.1 Å². The fraction of sp³-hybridized carbons (Fsp3) is 0.600. The highest BCUT2D eigenvalue weighted by atomic mass is 16.2. The van der Waals surface area contributed by atoms with Gasteiger partial charge in [0.1, 0.15) is 0 Å². The normalized spacial score (nSPS) is 15.6. The summed E-state index contributed by atoms with van der Waals surface area (Å²) in [5, 5.41) is 0. The average Bonchev–Trinajstić information content (AvgIpc) is 2.93. The van der Waals surface area contributed by atoms with E-state index in [4.69, 9.17) is 0 Å². The van der Waals surface area contributed by atoms with Crippen LogP contribution in [0.4, 0.5) is 0 Å². The molecule has 1 fully saturated rings. The van der Waals surface area contributed by atoms with E-state index in [1.54, 1.807) is 12.4 Å². The molecule has 1 aromatic rings. The third-order valence-corrected chi connectivity index (χ3v) is 3.71. The van der Waals surface area contributed by atoms with E-state index in [0.29, 0.717) is 6.54 Å². The van der Waals surface area contributed by atoms with Gasteiger partial charge in [-0.05, 0) is 57.0 Å². The maximum atomic E-state index is 12.2. The third kappa shape index (κ3) is 4.31. The van der Waals surface area contributed by atoms with Crippen LogP contribution in [0, 0.1) is 0 Å². The summed E-state index contributed by atoms with van der Waals surface area (Å²) in [7, 11) is 0. The Morgan fingerprint density at radius 1 is 1.32 bits per heavy atom. The first-order valence-electron chi connectivity index (χ1n) is 7.18. The van der Waals surface area contributed by atoms with Crippen LogP contribution in [0.25, 0.3) is 0 Å². The van der Waals surface area contributed by atoms with Crippen LogP contribution in [0.1, 0.15) is 25.3 Å². The largest absolute Gasteiger partial charge is 0.342 e. The van der Waals surface area contributed by atoms with Gasteiger partial charge in [0.05, 0.1) is 6.54 Å². The minimum atomic E-state index is 0.262. The number of hydrogen-bond acceptors (Lipinski definition) is 3. The summed E-state index contributed by atoms with van der Waals surface area (Å²) in [6.07, 6.45) is 6.98. The lowest BCUT2D eigenvalue weighted by molar-refractivity contribution is -0.132. The number of nitrogens with zero attached hydrogens (tertiary/aromatic N) is 3. The van der Waals surface area contributed by atoms with Gasteiger partial charge in [-0.1, -0.05) is 0 Å². The van der Waals surface area contributed by atoms with E-state index in [2.05, 4.69) is 16.8 Å². The molecule has 1 aromatic heterocycles. The Morgan fingerprint density at radius 3 is 2.63 bits per heavy atom. The van der Waals surface area contributed by atoms with Gasteiger partial charge in [-0.25, -0.2) is 0 Å². The van der Waals surface area contributed by atoms with E-state index >= 15 is 0 Å². The van der Waals surface area contributed by atoms with Gasteiger partial charge < -0.3 is 4.90 Å². The van der Waals surface area contributed by atoms with Gasteiger partial charge in [0, 0.05) is 25.5 Å². The van der Waals surface area contributed by atoms with Crippen LogP contribution in [-0.2, 0) is 11.2 Å². The van der Waals surface area contributed by atoms with Gasteiger partial charge in [0.2, 0.25) is 5.91 Å². The predicted molar refractivity (Wildman–Crippen MR) is 75.9 cm³/mol. The fourth-order valence-electron chi connectivity index (χ4n) is 2.50. The quantitative estimate of drug-likeness (QED) is 0.780. The molecule has 4 heteroatoms. The lowest BCUT2D eigenvalue weighted by Gasteiger charge is -2.24. The average molecular weight is 261 g/mol. The number of aromatic nitrogens is 1. The van der Waals surface area contributed by atoms with E-state index in [1.807, 2.05) is 17.0 Å². The number of carbonyl (C=O) groups is 1. The zero-order valence-corrected chi connectivity index (χ0v) is 11.7. The first-order valence-corrected chi connectivity index (χ1v) is 7.18. The second-order valence-electron chi connectivity index (χ2n) is 5.06. The smallest absolute Gasteiger partial charge is 0.236 e. The Bertz CT molecular complexity index is 388. The van der Waals surface area contributed by atoms with Gasteiger partial charge in [-0.2, -0.15) is 0 Å². The van der Waals surface area contributed by atoms with Crippen molar-refractivity contribution in [3.8, 4) is 0 Å². The summed E-state index contributed by atoms with van der Waals surface area (Å²) in [6.45, 7) is 6.38. The lowest BCUT2D eigenvalue weighted by atomic mass is 10.2. The molecule has 1 aliphatic rings. The Labute approximate surface area is 115 Å². The van der Waals surface area contributed by atoms with Crippen molar-refractivity contribution < 1.29 is 4.79 Å². The van der Waals surface area contributed by atoms with Gasteiger partial charge in [-0.3, -0.25) is 14.7 Å². The molecular formula is C15H23N3O. The molecule has 4 nitrogen and oxygen atoms in total. The van der Waals surface area contributed by atoms with Crippen molar-refractivity contribution >= 4 is 5.91 Å². The van der Waals surface area contributed by atoms with Gasteiger partial charge in [0.25, 0.3) is 0 Å². The van der Waals surface area contributed by atoms with Crippen LogP contribution in [-0.4, -0.2) is 53.4 Å². The molecule has 0 radical (unpaired) electrons. The first-order chi connectivity index (χ1) is 9.29. The van der Waals surface area contributed by atoms with Crippen LogP contribution in [0.5, 0.6) is 0 Å². The molecule has 0 N–H and O–H groups in total. The minimum absolute atomic E-state index is 0.262. The molecule has 0 aliphatic carbocycles. The number of hydrogen-bond donors (Lipinski definition) is 0. The maximum Gasteiger partial charge on any atom is 0.236 e. The van der Waals surface area contributed by atoms with Gasteiger partial charge in [-0.15, -0.1) is 0 Å². The number of amides is 1. The molecule has 104 valence electrons. The molecule has 1 amide bonds. The predicted octanol–water partition coefficient (Wildman–Crippen LogP) is 1.57. The van der Waals surface area contributed by atoms with E-state index in [-0.39, 0.29) is 5.91 Å². The van der Waals surface area contributed by atoms with Crippen molar-refractivity contribution in [2.75, 3.05) is 32.7 Å². The Balaban J connectivity index is 1.80. The first kappa shape index (κ1) is 14.0. The standard InChI is InChI=1S/C15H23N3O/c1-2-18(12-7-14-5-8-16-9-6-14)15(19)13-17-10-3-4-11-17/h5-6,8-9H,2-4,7,10-13H2,1H3. The fourth-order valence-corrected chi connectivity index (χ4v) is 2.50. The van der Waals surface area contributed by atoms with E-state index < -0.39 is 0 Å². The Kier molecular flexibility index (Phi) is 5.33. The van der Waals surface area contributed by atoms with Crippen LogP contribution < -0.4 is 0 Å². The third-order valence-electron chi connectivity index (χ3n) is 3.71. The molecule has 2 rings (SSSR count). The highest BCUT2D eigenvalue weighted by Crippen LogP contribution is 2.08. The summed E-state index contributed by atoms with van der Waals surface area (Å²) >= 11 is 0. The zero-order valence-electron chi connectivity index (χ0n) is 11.7. The summed E-state index contributed by atoms with van der Waals surface area (Å²) in [5.74, 6) is 0.262. The molecule has 0 aromatic carbocycles. The van der Waals surface area contributed by atoms with Gasteiger partial charge >= 0.3 is 0 Å². The van der Waals surface area contributed by atoms with Crippen molar-refractivity contribution in [2.24, 2.45) is 0 Å². The second-order valence-corrected chi connectivity index (χ2v) is 5.06. The molecule has 1 aliphatic heterocycles. The van der Waals surface area contributed by atoms with E-state index in [1.165, 1.54) is 18.4 Å². The lowest BCUT2D eigenvalue weighted by Crippen LogP contribution is -2.40. The second kappa shape index (κ2) is 7.24. The molecule has 0 spiro atoms. The maximum absolute atomic E-state index is 12.2. The number of carbonyl (C=O) groups excluding carboxylic acids is 1. The van der Waals surface area contributed by atoms with Crippen molar-refractivity contribution in [1.82, 2.24) is 14.8 Å². The number of pyridine rings is 1. The van der Waals surface area contributed by atoms with E-state index in [9.17, 15) is 4.79 Å². The summed E-state index contributed by atoms with van der Waals surface area (Å²) in [4.78, 5) is 20.5. The molecule has 1 saturated heterocycles. The summed E-state index contributed by atoms with van der Waals surface area (Å²) in [5.41, 5.74) is 1.24. The number of likely N-dealkylation sites (N-methyl/N-ethyl adjacent to an activating group) is 1. The molecule has 0 bridgehead atoms. The molecule has 2 heterocycles. The summed E-state index contributed by atoms with van der Waals surface area (Å²) < 4.78 is 0. The Morgan fingerprint density at radius 2 is 2.00 bits per heavy atom. The monoisotopic (exact) mass is 261 g/mol. The minimum Gasteiger partial charge on any atom is -0.342 e. The molecule has 0 atom stereocenters. The van der Waals surface area contributed by atoms with E-state index in [0.717, 1.165) is 32.6 Å². The highest BCUT2D eigenvalue weighted by Gasteiger charge is 2.18. The van der Waals surface area contributed by atoms with Gasteiger partial charge in [0.15, 0.2) is 0 Å². The molecule has 19 heavy (non-hydrogen) atoms. The van der Waals surface area contributed by atoms with Crippen LogP contribution in [0.3, 0.4) is 0 Å². The number of likely N-dealkylation sites (tertiary alicyclic amines) is 1. The topological polar surface area (TPSA) is 36.4 Å².